The van der Waals surface area contributed by atoms with Crippen LogP contribution in [0, 0.1) is 0 Å². The van der Waals surface area contributed by atoms with Crippen LogP contribution < -0.4 is 4.90 Å². The van der Waals surface area contributed by atoms with E-state index in [2.05, 4.69) is 144 Å². The van der Waals surface area contributed by atoms with Crippen LogP contribution in [0.25, 0.3) is 87.4 Å². The molecule has 0 saturated heterocycles. The number of thiophene rings is 1. The van der Waals surface area contributed by atoms with E-state index in [-0.39, 0.29) is 0 Å². The summed E-state index contributed by atoms with van der Waals surface area (Å²) in [5.41, 5.74) is 9.92. The van der Waals surface area contributed by atoms with Gasteiger partial charge in [0, 0.05) is 70.8 Å². The lowest BCUT2D eigenvalue weighted by Crippen LogP contribution is -2.09. The Kier molecular flexibility index (Phi) is 7.93. The molecule has 3 aromatic heterocycles. The molecule has 0 aliphatic carbocycles. The van der Waals surface area contributed by atoms with Crippen LogP contribution >= 0.6 is 11.3 Å². The molecule has 6 heteroatoms. The number of hydrogen-bond acceptors (Lipinski definition) is 6. The number of nitrogens with zero attached hydrogens (tertiary/aromatic N) is 4. The van der Waals surface area contributed by atoms with Crippen LogP contribution in [0.3, 0.4) is 0 Å². The van der Waals surface area contributed by atoms with Crippen LogP contribution in [0.15, 0.2) is 199 Å². The van der Waals surface area contributed by atoms with Gasteiger partial charge in [-0.25, -0.2) is 15.0 Å². The first kappa shape index (κ1) is 33.0. The number of hydrogen-bond donors (Lipinski definition) is 0. The fourth-order valence-corrected chi connectivity index (χ4v) is 8.94. The minimum absolute atomic E-state index is 0.609. The van der Waals surface area contributed by atoms with Gasteiger partial charge in [-0.3, -0.25) is 0 Å². The van der Waals surface area contributed by atoms with Crippen LogP contribution in [0.4, 0.5) is 17.1 Å². The van der Waals surface area contributed by atoms with E-state index in [0.717, 1.165) is 61.1 Å². The second-order valence-electron chi connectivity index (χ2n) is 14.0. The lowest BCUT2D eigenvalue weighted by molar-refractivity contribution is 0.669. The van der Waals surface area contributed by atoms with Crippen molar-refractivity contribution < 1.29 is 4.42 Å². The van der Waals surface area contributed by atoms with Gasteiger partial charge in [0.05, 0.1) is 0 Å². The van der Waals surface area contributed by atoms with Crippen molar-refractivity contribution in [2.24, 2.45) is 0 Å². The summed E-state index contributed by atoms with van der Waals surface area (Å²) < 4.78 is 9.02. The highest BCUT2D eigenvalue weighted by Crippen LogP contribution is 2.42. The van der Waals surface area contributed by atoms with Gasteiger partial charge in [0.25, 0.3) is 0 Å². The van der Waals surface area contributed by atoms with E-state index in [1.165, 1.54) is 25.9 Å². The molecule has 0 unspecified atom stereocenters. The van der Waals surface area contributed by atoms with Crippen LogP contribution in [0.5, 0.6) is 0 Å². The minimum atomic E-state index is 0.609. The normalized spacial score (nSPS) is 11.5. The molecular formula is C51H32N4OS. The Balaban J connectivity index is 1.03. The zero-order valence-electron chi connectivity index (χ0n) is 30.6. The van der Waals surface area contributed by atoms with Crippen molar-refractivity contribution in [1.82, 2.24) is 15.0 Å². The van der Waals surface area contributed by atoms with Gasteiger partial charge in [0.2, 0.25) is 0 Å². The molecule has 0 radical (unpaired) electrons. The third kappa shape index (κ3) is 5.91. The van der Waals surface area contributed by atoms with Gasteiger partial charge >= 0.3 is 0 Å². The molecule has 3 heterocycles. The number of furan rings is 1. The van der Waals surface area contributed by atoms with Gasteiger partial charge < -0.3 is 9.32 Å². The predicted molar refractivity (Wildman–Crippen MR) is 236 cm³/mol. The predicted octanol–water partition coefficient (Wildman–Crippen LogP) is 14.3. The maximum Gasteiger partial charge on any atom is 0.164 e. The second-order valence-corrected chi connectivity index (χ2v) is 15.1. The lowest BCUT2D eigenvalue weighted by atomic mass is 10.0. The first-order valence-corrected chi connectivity index (χ1v) is 19.7. The first-order chi connectivity index (χ1) is 28.2. The van der Waals surface area contributed by atoms with Crippen LogP contribution in [-0.2, 0) is 0 Å². The molecule has 5 nitrogen and oxygen atoms in total. The van der Waals surface area contributed by atoms with E-state index < -0.39 is 0 Å². The molecule has 0 fully saturated rings. The number of anilines is 3. The van der Waals surface area contributed by atoms with Crippen molar-refractivity contribution >= 4 is 70.5 Å². The standard InChI is InChI=1S/C51H32N4OS/c1-4-13-33(14-5-1)34-23-26-38(27-24-34)55(37-17-8-3-9-18-37)39-28-29-40-43-31-36(25-30-44(43)56-45(40)32-39)50-52-49(35-15-6-2-7-16-35)53-51(54-50)42-20-12-22-47-48(42)41-19-10-11-21-46(41)57-47/h1-32H. The van der Waals surface area contributed by atoms with Crippen molar-refractivity contribution in [2.75, 3.05) is 4.90 Å². The maximum absolute atomic E-state index is 6.57. The molecule has 11 aromatic rings. The Hall–Kier alpha value is -7.41. The van der Waals surface area contributed by atoms with E-state index in [9.17, 15) is 0 Å². The smallest absolute Gasteiger partial charge is 0.164 e. The molecule has 0 saturated carbocycles. The number of para-hydroxylation sites is 1. The van der Waals surface area contributed by atoms with Gasteiger partial charge in [-0.15, -0.1) is 11.3 Å². The fourth-order valence-electron chi connectivity index (χ4n) is 7.80. The fraction of sp³-hybridized carbons (Fsp3) is 0. The first-order valence-electron chi connectivity index (χ1n) is 18.9. The molecule has 0 spiro atoms. The molecule has 0 aliphatic heterocycles. The Morgan fingerprint density at radius 2 is 0.965 bits per heavy atom. The number of fused-ring (bicyclic) bond motifs is 6. The molecule has 11 rings (SSSR count). The Bertz CT molecular complexity index is 3230. The van der Waals surface area contributed by atoms with Crippen molar-refractivity contribution in [3.63, 3.8) is 0 Å². The third-order valence-electron chi connectivity index (χ3n) is 10.5. The summed E-state index contributed by atoms with van der Waals surface area (Å²) in [6.07, 6.45) is 0. The van der Waals surface area contributed by atoms with Crippen LogP contribution in [-0.4, -0.2) is 15.0 Å². The van der Waals surface area contributed by atoms with Crippen LogP contribution in [0.2, 0.25) is 0 Å². The summed E-state index contributed by atoms with van der Waals surface area (Å²) in [7, 11) is 0. The SMILES string of the molecule is c1ccc(-c2ccc(N(c3ccccc3)c3ccc4c(c3)oc3ccc(-c5nc(-c6ccccc6)nc(-c6cccc7sc8ccccc8c67)n5)cc34)cc2)cc1. The third-order valence-corrected chi connectivity index (χ3v) is 11.7. The molecule has 0 aliphatic rings. The number of aromatic nitrogens is 3. The van der Waals surface area contributed by atoms with Crippen LogP contribution in [0.1, 0.15) is 0 Å². The topological polar surface area (TPSA) is 55.1 Å². The van der Waals surface area contributed by atoms with Crippen molar-refractivity contribution in [3.8, 4) is 45.3 Å². The summed E-state index contributed by atoms with van der Waals surface area (Å²) in [5, 5.41) is 4.40. The second kappa shape index (κ2) is 13.7. The highest BCUT2D eigenvalue weighted by Gasteiger charge is 2.19. The Morgan fingerprint density at radius 3 is 1.75 bits per heavy atom. The Labute approximate surface area is 332 Å². The summed E-state index contributed by atoms with van der Waals surface area (Å²) in [4.78, 5) is 17.6. The molecule has 0 N–H and O–H groups in total. The zero-order chi connectivity index (χ0) is 37.7. The average Bonchev–Trinajstić information content (AvgIpc) is 3.85. The molecule has 8 aromatic carbocycles. The zero-order valence-corrected chi connectivity index (χ0v) is 31.4. The van der Waals surface area contributed by atoms with Crippen molar-refractivity contribution in [2.45, 2.75) is 0 Å². The van der Waals surface area contributed by atoms with E-state index in [4.69, 9.17) is 19.4 Å². The van der Waals surface area contributed by atoms with E-state index in [0.29, 0.717) is 17.5 Å². The Morgan fingerprint density at radius 1 is 0.368 bits per heavy atom. The molecular weight excluding hydrogens is 717 g/mol. The van der Waals surface area contributed by atoms with E-state index >= 15 is 0 Å². The summed E-state index contributed by atoms with van der Waals surface area (Å²) >= 11 is 1.79. The summed E-state index contributed by atoms with van der Waals surface area (Å²) in [5.74, 6) is 1.89. The summed E-state index contributed by atoms with van der Waals surface area (Å²) in [6.45, 7) is 0. The van der Waals surface area contributed by atoms with E-state index in [1.54, 1.807) is 11.3 Å². The maximum atomic E-state index is 6.57. The number of benzene rings is 8. The van der Waals surface area contributed by atoms with Gasteiger partial charge in [0.1, 0.15) is 11.2 Å². The van der Waals surface area contributed by atoms with Gasteiger partial charge in [-0.2, -0.15) is 0 Å². The number of rotatable bonds is 7. The summed E-state index contributed by atoms with van der Waals surface area (Å²) in [6, 6.07) is 67.4. The monoisotopic (exact) mass is 748 g/mol. The quantitative estimate of drug-likeness (QED) is 0.162. The van der Waals surface area contributed by atoms with Gasteiger partial charge in [0.15, 0.2) is 17.5 Å². The van der Waals surface area contributed by atoms with Crippen molar-refractivity contribution in [1.29, 1.82) is 0 Å². The van der Waals surface area contributed by atoms with E-state index in [1.807, 2.05) is 54.6 Å². The molecule has 268 valence electrons. The minimum Gasteiger partial charge on any atom is -0.456 e. The highest BCUT2D eigenvalue weighted by atomic mass is 32.1. The lowest BCUT2D eigenvalue weighted by Gasteiger charge is -2.25. The molecule has 0 atom stereocenters. The molecule has 0 amide bonds. The largest absolute Gasteiger partial charge is 0.456 e. The van der Waals surface area contributed by atoms with Gasteiger partial charge in [-0.05, 0) is 77.9 Å². The molecule has 0 bridgehead atoms. The molecule has 57 heavy (non-hydrogen) atoms. The van der Waals surface area contributed by atoms with Crippen molar-refractivity contribution in [3.05, 3.63) is 194 Å². The highest BCUT2D eigenvalue weighted by molar-refractivity contribution is 7.25. The van der Waals surface area contributed by atoms with Gasteiger partial charge in [-0.1, -0.05) is 121 Å². The average molecular weight is 749 g/mol.